The second kappa shape index (κ2) is 7.84. The second-order valence-electron chi connectivity index (χ2n) is 5.69. The Bertz CT molecular complexity index is 985. The predicted molar refractivity (Wildman–Crippen MR) is 98.1 cm³/mol. The highest BCUT2D eigenvalue weighted by molar-refractivity contribution is 7.92. The van der Waals surface area contributed by atoms with Crippen LogP contribution in [0.1, 0.15) is 13.3 Å². The summed E-state index contributed by atoms with van der Waals surface area (Å²) in [6, 6.07) is 12.1. The number of aryl methyl sites for hydroxylation is 1. The van der Waals surface area contributed by atoms with E-state index in [9.17, 15) is 12.8 Å². The Morgan fingerprint density at radius 2 is 1.88 bits per heavy atom. The Balaban J connectivity index is 1.92. The third-order valence-electron chi connectivity index (χ3n) is 3.88. The third-order valence-corrected chi connectivity index (χ3v) is 5.22. The lowest BCUT2D eigenvalue weighted by atomic mass is 10.3. The molecule has 0 atom stereocenters. The van der Waals surface area contributed by atoms with Crippen molar-refractivity contribution < 1.29 is 17.5 Å². The molecule has 0 saturated heterocycles. The van der Waals surface area contributed by atoms with E-state index in [1.165, 1.54) is 12.1 Å². The monoisotopic (exact) mass is 377 g/mol. The smallest absolute Gasteiger partial charge is 0.264 e. The summed E-state index contributed by atoms with van der Waals surface area (Å²) >= 11 is 0. The van der Waals surface area contributed by atoms with Crippen molar-refractivity contribution in [1.82, 2.24) is 9.55 Å². The number of rotatable bonds is 8. The van der Waals surface area contributed by atoms with E-state index in [0.29, 0.717) is 25.3 Å². The normalized spacial score (nSPS) is 11.8. The Kier molecular flexibility index (Phi) is 5.53. The molecule has 0 aliphatic carbocycles. The molecule has 0 spiro atoms. The summed E-state index contributed by atoms with van der Waals surface area (Å²) in [6.45, 7) is 3.69. The Morgan fingerprint density at radius 3 is 2.62 bits per heavy atom. The van der Waals surface area contributed by atoms with Crippen LogP contribution in [0.3, 0.4) is 0 Å². The fourth-order valence-electron chi connectivity index (χ4n) is 2.64. The number of hydrogen-bond acceptors (Lipinski definition) is 4. The van der Waals surface area contributed by atoms with E-state index in [4.69, 9.17) is 4.74 Å². The summed E-state index contributed by atoms with van der Waals surface area (Å²) in [4.78, 5) is 4.38. The Morgan fingerprint density at radius 1 is 1.15 bits per heavy atom. The summed E-state index contributed by atoms with van der Waals surface area (Å²) < 4.78 is 48.0. The Labute approximate surface area is 151 Å². The van der Waals surface area contributed by atoms with Crippen LogP contribution in [0.25, 0.3) is 11.0 Å². The third kappa shape index (κ3) is 4.03. The zero-order chi connectivity index (χ0) is 18.6. The summed E-state index contributed by atoms with van der Waals surface area (Å²) in [5, 5.41) is 0. The molecule has 0 bridgehead atoms. The van der Waals surface area contributed by atoms with Gasteiger partial charge in [0.15, 0.2) is 0 Å². The van der Waals surface area contributed by atoms with Gasteiger partial charge in [-0.3, -0.25) is 0 Å². The zero-order valence-corrected chi connectivity index (χ0v) is 15.2. The van der Waals surface area contributed by atoms with E-state index < -0.39 is 15.8 Å². The number of anilines is 1. The molecule has 0 aliphatic rings. The van der Waals surface area contributed by atoms with Crippen molar-refractivity contribution in [3.8, 4) is 0 Å². The number of imidazole rings is 1. The first-order chi connectivity index (χ1) is 12.5. The maximum Gasteiger partial charge on any atom is 0.264 e. The molecule has 3 rings (SSSR count). The number of nitrogens with zero attached hydrogens (tertiary/aromatic N) is 2. The first-order valence-corrected chi connectivity index (χ1v) is 9.81. The highest BCUT2D eigenvalue weighted by Crippen LogP contribution is 2.23. The summed E-state index contributed by atoms with van der Waals surface area (Å²) in [6.07, 6.45) is 0.722. The molecule has 8 heteroatoms. The van der Waals surface area contributed by atoms with E-state index in [1.54, 1.807) is 0 Å². The molecule has 0 saturated carbocycles. The lowest BCUT2D eigenvalue weighted by molar-refractivity contribution is 0.142. The van der Waals surface area contributed by atoms with E-state index in [-0.39, 0.29) is 10.8 Å². The minimum absolute atomic E-state index is 0.0215. The average Bonchev–Trinajstić information content (AvgIpc) is 2.95. The van der Waals surface area contributed by atoms with E-state index in [1.807, 2.05) is 35.8 Å². The molecule has 0 amide bonds. The molecule has 6 nitrogen and oxygen atoms in total. The molecular formula is C18H20FN3O3S. The van der Waals surface area contributed by atoms with Gasteiger partial charge in [-0.2, -0.15) is 0 Å². The van der Waals surface area contributed by atoms with Crippen LogP contribution < -0.4 is 4.72 Å². The van der Waals surface area contributed by atoms with Crippen LogP contribution in [0.15, 0.2) is 53.4 Å². The van der Waals surface area contributed by atoms with Crippen molar-refractivity contribution >= 4 is 27.0 Å². The van der Waals surface area contributed by atoms with E-state index in [0.717, 1.165) is 24.1 Å². The number of nitrogens with one attached hydrogen (secondary N) is 1. The van der Waals surface area contributed by atoms with Crippen molar-refractivity contribution in [1.29, 1.82) is 0 Å². The van der Waals surface area contributed by atoms with Crippen LogP contribution in [-0.4, -0.2) is 31.2 Å². The van der Waals surface area contributed by atoms with Crippen LogP contribution in [0, 0.1) is 5.82 Å². The first-order valence-electron chi connectivity index (χ1n) is 8.32. The van der Waals surface area contributed by atoms with Gasteiger partial charge in [0, 0.05) is 19.8 Å². The summed E-state index contributed by atoms with van der Waals surface area (Å²) in [5.74, 6) is -0.265. The Hall–Kier alpha value is -2.45. The molecule has 0 aliphatic heterocycles. The maximum atomic E-state index is 13.1. The molecule has 1 aromatic heterocycles. The fraction of sp³-hybridized carbons (Fsp3) is 0.278. The molecule has 1 heterocycles. The molecule has 2 aromatic carbocycles. The average molecular weight is 377 g/mol. The highest BCUT2D eigenvalue weighted by atomic mass is 32.2. The summed E-state index contributed by atoms with van der Waals surface area (Å²) in [7, 11) is -3.87. The van der Waals surface area contributed by atoms with E-state index >= 15 is 0 Å². The number of halogens is 1. The van der Waals surface area contributed by atoms with Gasteiger partial charge in [0.05, 0.1) is 15.9 Å². The number of sulfonamides is 1. The first kappa shape index (κ1) is 18.3. The van der Waals surface area contributed by atoms with Gasteiger partial charge in [0.2, 0.25) is 5.95 Å². The van der Waals surface area contributed by atoms with Gasteiger partial charge >= 0.3 is 0 Å². The van der Waals surface area contributed by atoms with Crippen LogP contribution in [0.4, 0.5) is 10.3 Å². The molecule has 0 unspecified atom stereocenters. The highest BCUT2D eigenvalue weighted by Gasteiger charge is 2.19. The van der Waals surface area contributed by atoms with Gasteiger partial charge in [0.1, 0.15) is 5.82 Å². The second-order valence-corrected chi connectivity index (χ2v) is 7.37. The van der Waals surface area contributed by atoms with Crippen LogP contribution in [-0.2, 0) is 21.3 Å². The van der Waals surface area contributed by atoms with Gasteiger partial charge in [-0.25, -0.2) is 22.5 Å². The number of para-hydroxylation sites is 2. The number of aromatic nitrogens is 2. The lowest BCUT2D eigenvalue weighted by Gasteiger charge is -2.11. The van der Waals surface area contributed by atoms with Crippen molar-refractivity contribution in [3.63, 3.8) is 0 Å². The minimum atomic E-state index is -3.87. The molecule has 26 heavy (non-hydrogen) atoms. The molecular weight excluding hydrogens is 357 g/mol. The van der Waals surface area contributed by atoms with E-state index in [2.05, 4.69) is 9.71 Å². The van der Waals surface area contributed by atoms with Gasteiger partial charge in [0.25, 0.3) is 10.0 Å². The molecule has 1 N–H and O–H groups in total. The largest absolute Gasteiger partial charge is 0.382 e. The van der Waals surface area contributed by atoms with Gasteiger partial charge in [-0.15, -0.1) is 0 Å². The minimum Gasteiger partial charge on any atom is -0.382 e. The van der Waals surface area contributed by atoms with Crippen LogP contribution in [0.2, 0.25) is 0 Å². The van der Waals surface area contributed by atoms with Crippen molar-refractivity contribution in [2.45, 2.75) is 24.8 Å². The standard InChI is InChI=1S/C18H20FN3O3S/c1-2-25-13-5-12-22-17-7-4-3-6-16(17)20-18(22)21-26(23,24)15-10-8-14(19)9-11-15/h3-4,6-11H,2,5,12-13H2,1H3,(H,20,21). The van der Waals surface area contributed by atoms with Crippen molar-refractivity contribution in [2.75, 3.05) is 17.9 Å². The molecule has 3 aromatic rings. The summed E-state index contributed by atoms with van der Waals surface area (Å²) in [5.41, 5.74) is 1.53. The van der Waals surface area contributed by atoms with Gasteiger partial charge in [-0.05, 0) is 49.7 Å². The SMILES string of the molecule is CCOCCCn1c(NS(=O)(=O)c2ccc(F)cc2)nc2ccccc21. The fourth-order valence-corrected chi connectivity index (χ4v) is 3.65. The van der Waals surface area contributed by atoms with Crippen molar-refractivity contribution in [2.24, 2.45) is 0 Å². The molecule has 138 valence electrons. The zero-order valence-electron chi connectivity index (χ0n) is 14.4. The van der Waals surface area contributed by atoms with Gasteiger partial charge < -0.3 is 9.30 Å². The number of fused-ring (bicyclic) bond motifs is 1. The maximum absolute atomic E-state index is 13.1. The van der Waals surface area contributed by atoms with Gasteiger partial charge in [-0.1, -0.05) is 12.1 Å². The topological polar surface area (TPSA) is 73.2 Å². The van der Waals surface area contributed by atoms with Crippen LogP contribution in [0.5, 0.6) is 0 Å². The number of benzene rings is 2. The number of ether oxygens (including phenoxy) is 1. The molecule has 0 fully saturated rings. The number of hydrogen-bond donors (Lipinski definition) is 1. The van der Waals surface area contributed by atoms with Crippen molar-refractivity contribution in [3.05, 3.63) is 54.3 Å². The molecule has 0 radical (unpaired) electrons. The quantitative estimate of drug-likeness (QED) is 0.611. The lowest BCUT2D eigenvalue weighted by Crippen LogP contribution is -2.17. The van der Waals surface area contributed by atoms with Crippen LogP contribution >= 0.6 is 0 Å². The predicted octanol–water partition coefficient (Wildman–Crippen LogP) is 3.40.